The highest BCUT2D eigenvalue weighted by Crippen LogP contribution is 2.17. The highest BCUT2D eigenvalue weighted by molar-refractivity contribution is 7.91. The minimum absolute atomic E-state index is 0.0280. The maximum atomic E-state index is 12.5. The molecule has 0 bridgehead atoms. The van der Waals surface area contributed by atoms with Gasteiger partial charge in [-0.25, -0.2) is 18.4 Å². The standard InChI is InChI=1S/C16H20N4O3S2/c1-12-11-24-15(18-12)10-19(2)14-4-3-13(9-17-14)16(21)20-5-7-25(22,23)8-6-20/h3-4,9,11H,5-8,10H2,1-2H3. The monoisotopic (exact) mass is 380 g/mol. The number of hydrogen-bond donors (Lipinski definition) is 0. The number of rotatable bonds is 4. The Balaban J connectivity index is 1.64. The van der Waals surface area contributed by atoms with Gasteiger partial charge in [0, 0.05) is 37.4 Å². The van der Waals surface area contributed by atoms with E-state index in [2.05, 4.69) is 9.97 Å². The largest absolute Gasteiger partial charge is 0.353 e. The van der Waals surface area contributed by atoms with E-state index in [1.54, 1.807) is 34.6 Å². The van der Waals surface area contributed by atoms with Crippen molar-refractivity contribution in [2.75, 3.05) is 36.5 Å². The van der Waals surface area contributed by atoms with Gasteiger partial charge in [0.2, 0.25) is 0 Å². The van der Waals surface area contributed by atoms with Crippen molar-refractivity contribution in [2.24, 2.45) is 0 Å². The number of carbonyl (C=O) groups excluding carboxylic acids is 1. The number of carbonyl (C=O) groups is 1. The molecule has 0 aromatic carbocycles. The molecule has 0 radical (unpaired) electrons. The van der Waals surface area contributed by atoms with Crippen LogP contribution in [0, 0.1) is 6.92 Å². The van der Waals surface area contributed by atoms with Crippen molar-refractivity contribution in [1.82, 2.24) is 14.9 Å². The summed E-state index contributed by atoms with van der Waals surface area (Å²) in [6.45, 7) is 3.10. The van der Waals surface area contributed by atoms with Gasteiger partial charge in [-0.3, -0.25) is 4.79 Å². The van der Waals surface area contributed by atoms with E-state index in [-0.39, 0.29) is 30.5 Å². The average Bonchev–Trinajstić information content (AvgIpc) is 2.99. The van der Waals surface area contributed by atoms with E-state index >= 15 is 0 Å². The molecular weight excluding hydrogens is 360 g/mol. The third kappa shape index (κ3) is 4.35. The summed E-state index contributed by atoms with van der Waals surface area (Å²) < 4.78 is 22.9. The second-order valence-electron chi connectivity index (χ2n) is 6.09. The fourth-order valence-corrected chi connectivity index (χ4v) is 4.62. The van der Waals surface area contributed by atoms with Gasteiger partial charge < -0.3 is 9.80 Å². The molecule has 1 fully saturated rings. The van der Waals surface area contributed by atoms with Gasteiger partial charge in [-0.1, -0.05) is 0 Å². The zero-order chi connectivity index (χ0) is 18.0. The molecule has 0 aliphatic carbocycles. The maximum absolute atomic E-state index is 12.5. The van der Waals surface area contributed by atoms with Crippen LogP contribution in [0.2, 0.25) is 0 Å². The van der Waals surface area contributed by atoms with Crippen LogP contribution in [0.15, 0.2) is 23.7 Å². The predicted molar refractivity (Wildman–Crippen MR) is 97.8 cm³/mol. The Morgan fingerprint density at radius 2 is 2.04 bits per heavy atom. The van der Waals surface area contributed by atoms with Gasteiger partial charge >= 0.3 is 0 Å². The van der Waals surface area contributed by atoms with Gasteiger partial charge in [0.05, 0.1) is 23.6 Å². The molecule has 134 valence electrons. The summed E-state index contributed by atoms with van der Waals surface area (Å²) in [6.07, 6.45) is 1.55. The van der Waals surface area contributed by atoms with Crippen LogP contribution in [-0.4, -0.2) is 60.8 Å². The summed E-state index contributed by atoms with van der Waals surface area (Å²) in [6, 6.07) is 3.53. The molecule has 3 rings (SSSR count). The van der Waals surface area contributed by atoms with Crippen LogP contribution >= 0.6 is 11.3 Å². The Morgan fingerprint density at radius 3 is 2.60 bits per heavy atom. The van der Waals surface area contributed by atoms with E-state index in [0.29, 0.717) is 12.1 Å². The SMILES string of the molecule is Cc1csc(CN(C)c2ccc(C(=O)N3CCS(=O)(=O)CC3)cn2)n1. The van der Waals surface area contributed by atoms with Gasteiger partial charge in [0.1, 0.15) is 10.8 Å². The molecule has 2 aromatic rings. The molecule has 1 saturated heterocycles. The summed E-state index contributed by atoms with van der Waals surface area (Å²) in [5.74, 6) is 0.637. The number of aryl methyl sites for hydroxylation is 1. The number of aromatic nitrogens is 2. The van der Waals surface area contributed by atoms with Gasteiger partial charge in [-0.05, 0) is 19.1 Å². The summed E-state index contributed by atoms with van der Waals surface area (Å²) in [4.78, 5) is 24.8. The Hall–Kier alpha value is -2.00. The van der Waals surface area contributed by atoms with Crippen molar-refractivity contribution < 1.29 is 13.2 Å². The van der Waals surface area contributed by atoms with E-state index in [9.17, 15) is 13.2 Å². The maximum Gasteiger partial charge on any atom is 0.255 e. The van der Waals surface area contributed by atoms with Crippen molar-refractivity contribution in [1.29, 1.82) is 0 Å². The summed E-state index contributed by atoms with van der Waals surface area (Å²) >= 11 is 1.61. The smallest absolute Gasteiger partial charge is 0.255 e. The predicted octanol–water partition coefficient (Wildman–Crippen LogP) is 1.35. The fraction of sp³-hybridized carbons (Fsp3) is 0.438. The van der Waals surface area contributed by atoms with E-state index in [1.807, 2.05) is 24.3 Å². The Bertz CT molecular complexity index is 848. The number of nitrogens with zero attached hydrogens (tertiary/aromatic N) is 4. The molecule has 0 spiro atoms. The molecule has 7 nitrogen and oxygen atoms in total. The second-order valence-corrected chi connectivity index (χ2v) is 9.33. The van der Waals surface area contributed by atoms with Crippen LogP contribution in [-0.2, 0) is 16.4 Å². The second kappa shape index (κ2) is 7.09. The van der Waals surface area contributed by atoms with Crippen molar-refractivity contribution in [3.8, 4) is 0 Å². The van der Waals surface area contributed by atoms with Crippen molar-refractivity contribution in [3.63, 3.8) is 0 Å². The lowest BCUT2D eigenvalue weighted by Gasteiger charge is -2.26. The minimum atomic E-state index is -3.00. The molecule has 0 atom stereocenters. The first-order chi connectivity index (χ1) is 11.8. The van der Waals surface area contributed by atoms with Gasteiger partial charge in [0.15, 0.2) is 9.84 Å². The molecule has 0 unspecified atom stereocenters. The number of pyridine rings is 1. The Morgan fingerprint density at radius 1 is 1.32 bits per heavy atom. The molecular formula is C16H20N4O3S2. The third-order valence-electron chi connectivity index (χ3n) is 4.06. The van der Waals surface area contributed by atoms with Crippen molar-refractivity contribution in [3.05, 3.63) is 40.0 Å². The highest BCUT2D eigenvalue weighted by atomic mass is 32.2. The highest BCUT2D eigenvalue weighted by Gasteiger charge is 2.25. The molecule has 0 N–H and O–H groups in total. The van der Waals surface area contributed by atoms with Crippen LogP contribution in [0.1, 0.15) is 21.1 Å². The Labute approximate surface area is 151 Å². The fourth-order valence-electron chi connectivity index (χ4n) is 2.60. The third-order valence-corrected chi connectivity index (χ3v) is 6.62. The number of thiazole rings is 1. The van der Waals surface area contributed by atoms with Gasteiger partial charge in [-0.2, -0.15) is 0 Å². The molecule has 0 saturated carbocycles. The molecule has 9 heteroatoms. The zero-order valence-corrected chi connectivity index (χ0v) is 15.8. The summed E-state index contributed by atoms with van der Waals surface area (Å²) in [5.41, 5.74) is 1.48. The van der Waals surface area contributed by atoms with Crippen LogP contribution in [0.5, 0.6) is 0 Å². The first kappa shape index (κ1) is 17.8. The van der Waals surface area contributed by atoms with Crippen molar-refractivity contribution >= 4 is 32.9 Å². The van der Waals surface area contributed by atoms with Crippen LogP contribution in [0.3, 0.4) is 0 Å². The lowest BCUT2D eigenvalue weighted by atomic mass is 10.2. The summed E-state index contributed by atoms with van der Waals surface area (Å²) in [5, 5.41) is 3.02. The molecule has 25 heavy (non-hydrogen) atoms. The lowest BCUT2D eigenvalue weighted by Crippen LogP contribution is -2.43. The van der Waals surface area contributed by atoms with Crippen LogP contribution in [0.25, 0.3) is 0 Å². The number of sulfone groups is 1. The minimum Gasteiger partial charge on any atom is -0.353 e. The Kier molecular flexibility index (Phi) is 5.05. The lowest BCUT2D eigenvalue weighted by molar-refractivity contribution is 0.0770. The zero-order valence-electron chi connectivity index (χ0n) is 14.2. The van der Waals surface area contributed by atoms with Crippen LogP contribution < -0.4 is 4.90 Å². The first-order valence-electron chi connectivity index (χ1n) is 7.92. The molecule has 1 aliphatic rings. The average molecular weight is 380 g/mol. The quantitative estimate of drug-likeness (QED) is 0.796. The van der Waals surface area contributed by atoms with Crippen molar-refractivity contribution in [2.45, 2.75) is 13.5 Å². The molecule has 2 aromatic heterocycles. The number of anilines is 1. The van der Waals surface area contributed by atoms with E-state index in [0.717, 1.165) is 16.5 Å². The van der Waals surface area contributed by atoms with E-state index < -0.39 is 9.84 Å². The molecule has 1 amide bonds. The van der Waals surface area contributed by atoms with Gasteiger partial charge in [-0.15, -0.1) is 11.3 Å². The number of amides is 1. The van der Waals surface area contributed by atoms with Crippen LogP contribution in [0.4, 0.5) is 5.82 Å². The van der Waals surface area contributed by atoms with Gasteiger partial charge in [0.25, 0.3) is 5.91 Å². The normalized spacial score (nSPS) is 16.6. The summed E-state index contributed by atoms with van der Waals surface area (Å²) in [7, 11) is -1.07. The molecule has 1 aliphatic heterocycles. The van der Waals surface area contributed by atoms with E-state index in [4.69, 9.17) is 0 Å². The topological polar surface area (TPSA) is 83.5 Å². The van der Waals surface area contributed by atoms with E-state index in [1.165, 1.54) is 0 Å². The number of hydrogen-bond acceptors (Lipinski definition) is 7. The molecule has 3 heterocycles. The first-order valence-corrected chi connectivity index (χ1v) is 10.6.